The molecule has 5 heteroatoms. The van der Waals surface area contributed by atoms with Crippen LogP contribution in [-0.2, 0) is 6.54 Å². The smallest absolute Gasteiger partial charge is 0.265 e. The molecule has 1 N–H and O–H groups in total. The average molecular weight is 333 g/mol. The van der Waals surface area contributed by atoms with Crippen molar-refractivity contribution in [2.45, 2.75) is 6.54 Å². The quantitative estimate of drug-likeness (QED) is 0.602. The van der Waals surface area contributed by atoms with Crippen LogP contribution in [0.2, 0.25) is 0 Å². The van der Waals surface area contributed by atoms with Crippen LogP contribution in [0.15, 0.2) is 73.1 Å². The van der Waals surface area contributed by atoms with Crippen LogP contribution in [0.4, 0.5) is 5.69 Å². The van der Waals surface area contributed by atoms with E-state index in [1.807, 2.05) is 71.5 Å². The summed E-state index contributed by atoms with van der Waals surface area (Å²) < 4.78 is 2.96. The number of hydrogen-bond acceptors (Lipinski definition) is 3. The fourth-order valence-electron chi connectivity index (χ4n) is 2.63. The Morgan fingerprint density at radius 3 is 2.75 bits per heavy atom. The maximum atomic E-state index is 12.6. The van der Waals surface area contributed by atoms with Crippen molar-refractivity contribution in [2.75, 3.05) is 5.32 Å². The van der Waals surface area contributed by atoms with Crippen molar-refractivity contribution in [2.24, 2.45) is 0 Å². The zero-order valence-corrected chi connectivity index (χ0v) is 13.7. The molecule has 0 aliphatic rings. The fraction of sp³-hybridized carbons (Fsp3) is 0.0526. The zero-order valence-electron chi connectivity index (χ0n) is 12.8. The van der Waals surface area contributed by atoms with Gasteiger partial charge in [0.05, 0.1) is 11.4 Å². The fourth-order valence-corrected chi connectivity index (χ4v) is 3.58. The highest BCUT2D eigenvalue weighted by Crippen LogP contribution is 2.26. The van der Waals surface area contributed by atoms with Crippen LogP contribution in [0.25, 0.3) is 10.1 Å². The Balaban J connectivity index is 1.59. The monoisotopic (exact) mass is 333 g/mol. The van der Waals surface area contributed by atoms with E-state index in [4.69, 9.17) is 0 Å². The number of para-hydroxylation sites is 1. The first-order valence-electron chi connectivity index (χ1n) is 7.65. The van der Waals surface area contributed by atoms with Crippen LogP contribution < -0.4 is 5.32 Å². The molecule has 0 aliphatic heterocycles. The van der Waals surface area contributed by atoms with Crippen molar-refractivity contribution in [3.05, 3.63) is 83.5 Å². The number of hydrogen-bond donors (Lipinski definition) is 1. The number of nitrogens with one attached hydrogen (secondary N) is 1. The summed E-state index contributed by atoms with van der Waals surface area (Å²) in [5.41, 5.74) is 1.84. The van der Waals surface area contributed by atoms with Gasteiger partial charge in [0.25, 0.3) is 5.91 Å². The van der Waals surface area contributed by atoms with Crippen molar-refractivity contribution in [1.82, 2.24) is 9.78 Å². The molecule has 0 saturated carbocycles. The molecule has 0 atom stereocenters. The van der Waals surface area contributed by atoms with Crippen LogP contribution in [0.1, 0.15) is 15.2 Å². The molecule has 24 heavy (non-hydrogen) atoms. The van der Waals surface area contributed by atoms with Crippen molar-refractivity contribution in [3.8, 4) is 0 Å². The van der Waals surface area contributed by atoms with E-state index in [0.29, 0.717) is 11.4 Å². The van der Waals surface area contributed by atoms with E-state index < -0.39 is 0 Å². The average Bonchev–Trinajstić information content (AvgIpc) is 3.25. The minimum Gasteiger partial charge on any atom is -0.321 e. The van der Waals surface area contributed by atoms with Gasteiger partial charge in [0, 0.05) is 22.8 Å². The van der Waals surface area contributed by atoms with Crippen LogP contribution in [-0.4, -0.2) is 15.7 Å². The number of carbonyl (C=O) groups is 1. The molecular formula is C19H15N3OS. The van der Waals surface area contributed by atoms with E-state index in [1.165, 1.54) is 11.3 Å². The molecule has 4 rings (SSSR count). The van der Waals surface area contributed by atoms with E-state index in [9.17, 15) is 4.79 Å². The third-order valence-electron chi connectivity index (χ3n) is 3.81. The van der Waals surface area contributed by atoms with Gasteiger partial charge in [-0.25, -0.2) is 0 Å². The summed E-state index contributed by atoms with van der Waals surface area (Å²) in [4.78, 5) is 13.3. The number of fused-ring (bicyclic) bond motifs is 1. The number of anilines is 1. The molecule has 0 fully saturated rings. The number of carbonyl (C=O) groups excluding carboxylic acids is 1. The predicted octanol–water partition coefficient (Wildman–Crippen LogP) is 4.40. The van der Waals surface area contributed by atoms with Gasteiger partial charge < -0.3 is 5.32 Å². The second-order valence-electron chi connectivity index (χ2n) is 5.46. The standard InChI is InChI=1S/C19H15N3OS/c23-19(18-12-14-6-2-4-9-17(14)24-18)21-16-8-3-1-7-15(16)13-22-11-5-10-20-22/h1-12H,13H2,(H,21,23). The SMILES string of the molecule is O=C(Nc1ccccc1Cn1cccn1)c1cc2ccccc2s1. The number of nitrogens with zero attached hydrogens (tertiary/aromatic N) is 2. The molecule has 2 heterocycles. The van der Waals surface area contributed by atoms with Gasteiger partial charge in [0.1, 0.15) is 0 Å². The Kier molecular flexibility index (Phi) is 3.84. The van der Waals surface area contributed by atoms with Gasteiger partial charge in [-0.3, -0.25) is 9.48 Å². The van der Waals surface area contributed by atoms with Gasteiger partial charge in [0.2, 0.25) is 0 Å². The minimum atomic E-state index is -0.0795. The summed E-state index contributed by atoms with van der Waals surface area (Å²) >= 11 is 1.51. The van der Waals surface area contributed by atoms with Gasteiger partial charge in [-0.05, 0) is 35.2 Å². The number of benzene rings is 2. The lowest BCUT2D eigenvalue weighted by Crippen LogP contribution is -2.13. The van der Waals surface area contributed by atoms with Crippen LogP contribution >= 0.6 is 11.3 Å². The van der Waals surface area contributed by atoms with Crippen LogP contribution in [0, 0.1) is 0 Å². The Morgan fingerprint density at radius 2 is 1.92 bits per heavy atom. The summed E-state index contributed by atoms with van der Waals surface area (Å²) in [5, 5.41) is 8.35. The summed E-state index contributed by atoms with van der Waals surface area (Å²) in [6, 6.07) is 19.7. The Bertz CT molecular complexity index is 956. The first-order chi connectivity index (χ1) is 11.8. The minimum absolute atomic E-state index is 0.0795. The molecule has 0 saturated heterocycles. The van der Waals surface area contributed by atoms with Gasteiger partial charge in [-0.15, -0.1) is 11.3 Å². The van der Waals surface area contributed by atoms with Crippen molar-refractivity contribution in [3.63, 3.8) is 0 Å². The maximum Gasteiger partial charge on any atom is 0.265 e. The topological polar surface area (TPSA) is 46.9 Å². The first kappa shape index (κ1) is 14.7. The summed E-state index contributed by atoms with van der Waals surface area (Å²) in [6.07, 6.45) is 3.66. The van der Waals surface area contributed by atoms with E-state index in [1.54, 1.807) is 6.20 Å². The molecular weight excluding hydrogens is 318 g/mol. The summed E-state index contributed by atoms with van der Waals surface area (Å²) in [6.45, 7) is 0.621. The van der Waals surface area contributed by atoms with Crippen LogP contribution in [0.5, 0.6) is 0 Å². The third-order valence-corrected chi connectivity index (χ3v) is 4.92. The Labute approximate surface area is 143 Å². The number of thiophene rings is 1. The molecule has 4 aromatic rings. The van der Waals surface area contributed by atoms with Gasteiger partial charge in [-0.1, -0.05) is 36.4 Å². The number of rotatable bonds is 4. The molecule has 1 amide bonds. The summed E-state index contributed by atoms with van der Waals surface area (Å²) in [5.74, 6) is -0.0795. The van der Waals surface area contributed by atoms with E-state index in [0.717, 1.165) is 21.3 Å². The molecule has 2 aromatic heterocycles. The molecule has 0 bridgehead atoms. The molecule has 0 unspecified atom stereocenters. The molecule has 0 radical (unpaired) electrons. The van der Waals surface area contributed by atoms with Crippen molar-refractivity contribution < 1.29 is 4.79 Å². The van der Waals surface area contributed by atoms with E-state index >= 15 is 0 Å². The molecule has 2 aromatic carbocycles. The highest BCUT2D eigenvalue weighted by molar-refractivity contribution is 7.20. The Morgan fingerprint density at radius 1 is 1.08 bits per heavy atom. The molecule has 0 aliphatic carbocycles. The largest absolute Gasteiger partial charge is 0.321 e. The third kappa shape index (κ3) is 2.94. The highest BCUT2D eigenvalue weighted by atomic mass is 32.1. The van der Waals surface area contributed by atoms with Crippen molar-refractivity contribution >= 4 is 33.0 Å². The molecule has 4 nitrogen and oxygen atoms in total. The van der Waals surface area contributed by atoms with E-state index in [-0.39, 0.29) is 5.91 Å². The first-order valence-corrected chi connectivity index (χ1v) is 8.46. The lowest BCUT2D eigenvalue weighted by molar-refractivity contribution is 0.103. The van der Waals surface area contributed by atoms with E-state index in [2.05, 4.69) is 10.4 Å². The zero-order chi connectivity index (χ0) is 16.4. The number of amides is 1. The summed E-state index contributed by atoms with van der Waals surface area (Å²) in [7, 11) is 0. The normalized spacial score (nSPS) is 10.8. The number of aromatic nitrogens is 2. The second kappa shape index (κ2) is 6.29. The highest BCUT2D eigenvalue weighted by Gasteiger charge is 2.12. The Hall–Kier alpha value is -2.92. The van der Waals surface area contributed by atoms with Crippen LogP contribution in [0.3, 0.4) is 0 Å². The van der Waals surface area contributed by atoms with Gasteiger partial charge in [0.15, 0.2) is 0 Å². The molecule has 0 spiro atoms. The second-order valence-corrected chi connectivity index (χ2v) is 6.55. The lowest BCUT2D eigenvalue weighted by atomic mass is 10.1. The predicted molar refractivity (Wildman–Crippen MR) is 97.5 cm³/mol. The van der Waals surface area contributed by atoms with Gasteiger partial charge >= 0.3 is 0 Å². The molecule has 118 valence electrons. The lowest BCUT2D eigenvalue weighted by Gasteiger charge is -2.10. The van der Waals surface area contributed by atoms with Gasteiger partial charge in [-0.2, -0.15) is 5.10 Å². The van der Waals surface area contributed by atoms with Crippen molar-refractivity contribution in [1.29, 1.82) is 0 Å². The maximum absolute atomic E-state index is 12.6.